The Kier molecular flexibility index (Phi) is 4.13. The van der Waals surface area contributed by atoms with Crippen molar-refractivity contribution in [3.63, 3.8) is 0 Å². The zero-order valence-electron chi connectivity index (χ0n) is 10.2. The summed E-state index contributed by atoms with van der Waals surface area (Å²) in [6, 6.07) is 1.51. The molecule has 1 aromatic rings. The molecule has 7 heteroatoms. The second-order valence-corrected chi connectivity index (χ2v) is 5.31. The molecule has 0 radical (unpaired) electrons. The van der Waals surface area contributed by atoms with E-state index in [2.05, 4.69) is 32.9 Å². The zero-order chi connectivity index (χ0) is 13.1. The molecule has 0 unspecified atom stereocenters. The van der Waals surface area contributed by atoms with Gasteiger partial charge in [0.05, 0.1) is 4.92 Å². The molecule has 1 aliphatic heterocycles. The monoisotopic (exact) mass is 314 g/mol. The van der Waals surface area contributed by atoms with Crippen molar-refractivity contribution in [3.05, 3.63) is 26.9 Å². The Hall–Kier alpha value is -1.21. The maximum atomic E-state index is 11.1. The highest BCUT2D eigenvalue weighted by Crippen LogP contribution is 2.29. The lowest BCUT2D eigenvalue weighted by molar-refractivity contribution is -0.384. The number of halogens is 1. The Balaban J connectivity index is 2.29. The van der Waals surface area contributed by atoms with Crippen LogP contribution in [0.4, 0.5) is 11.5 Å². The van der Waals surface area contributed by atoms with Gasteiger partial charge in [0.1, 0.15) is 0 Å². The van der Waals surface area contributed by atoms with Crippen molar-refractivity contribution >= 4 is 27.4 Å². The van der Waals surface area contributed by atoms with Gasteiger partial charge in [0, 0.05) is 36.4 Å². The van der Waals surface area contributed by atoms with Crippen molar-refractivity contribution < 1.29 is 4.92 Å². The summed E-state index contributed by atoms with van der Waals surface area (Å²) in [5.74, 6) is 0.471. The molecule has 2 rings (SSSR count). The first-order valence-electron chi connectivity index (χ1n) is 5.81. The molecule has 0 aliphatic carbocycles. The van der Waals surface area contributed by atoms with Crippen LogP contribution in [0.3, 0.4) is 0 Å². The fourth-order valence-electron chi connectivity index (χ4n) is 2.06. The van der Waals surface area contributed by atoms with E-state index in [4.69, 9.17) is 0 Å². The van der Waals surface area contributed by atoms with Crippen LogP contribution in [0.25, 0.3) is 0 Å². The molecule has 18 heavy (non-hydrogen) atoms. The predicted octanol–water partition coefficient (Wildman–Crippen LogP) is 1.89. The summed E-state index contributed by atoms with van der Waals surface area (Å²) in [4.78, 5) is 19.1. The van der Waals surface area contributed by atoms with Crippen molar-refractivity contribution in [2.24, 2.45) is 0 Å². The lowest BCUT2D eigenvalue weighted by Crippen LogP contribution is -2.29. The molecule has 6 nitrogen and oxygen atoms in total. The minimum Gasteiger partial charge on any atom is -0.350 e. The van der Waals surface area contributed by atoms with Gasteiger partial charge in [-0.15, -0.1) is 0 Å². The van der Waals surface area contributed by atoms with Gasteiger partial charge in [0.25, 0.3) is 0 Å². The summed E-state index contributed by atoms with van der Waals surface area (Å²) < 4.78 is 0.630. The molecule has 0 amide bonds. The number of hydrogen-bond acceptors (Lipinski definition) is 5. The van der Waals surface area contributed by atoms with Crippen LogP contribution in [0, 0.1) is 10.1 Å². The first-order valence-corrected chi connectivity index (χ1v) is 6.60. The summed E-state index contributed by atoms with van der Waals surface area (Å²) >= 11 is 3.22. The molecule has 1 saturated heterocycles. The van der Waals surface area contributed by atoms with Crippen molar-refractivity contribution in [2.45, 2.75) is 6.42 Å². The number of hydrogen-bond donors (Lipinski definition) is 0. The van der Waals surface area contributed by atoms with Gasteiger partial charge in [-0.1, -0.05) is 0 Å². The highest BCUT2D eigenvalue weighted by molar-refractivity contribution is 9.10. The van der Waals surface area contributed by atoms with Crippen LogP contribution in [-0.4, -0.2) is 48.0 Å². The van der Waals surface area contributed by atoms with Crippen LogP contribution >= 0.6 is 15.9 Å². The Morgan fingerprint density at radius 3 is 2.89 bits per heavy atom. The second-order valence-electron chi connectivity index (χ2n) is 4.40. The Labute approximate surface area is 114 Å². The largest absolute Gasteiger partial charge is 0.350 e. The summed E-state index contributed by atoms with van der Waals surface area (Å²) in [5, 5.41) is 11.1. The van der Waals surface area contributed by atoms with Crippen LogP contribution in [0.15, 0.2) is 16.7 Å². The standard InChI is InChI=1S/C11H15BrN4O2/c1-14-3-2-4-15(6-5-14)11-10(16(17)18)7-9(12)8-13-11/h7-8H,2-6H2,1H3. The van der Waals surface area contributed by atoms with Crippen molar-refractivity contribution in [1.29, 1.82) is 0 Å². The fraction of sp³-hybridized carbons (Fsp3) is 0.545. The van der Waals surface area contributed by atoms with Gasteiger partial charge in [0.2, 0.25) is 5.82 Å². The highest BCUT2D eigenvalue weighted by Gasteiger charge is 2.23. The first kappa shape index (κ1) is 13.2. The van der Waals surface area contributed by atoms with E-state index in [1.54, 1.807) is 6.20 Å². The molecule has 0 spiro atoms. The van der Waals surface area contributed by atoms with Gasteiger partial charge in [-0.25, -0.2) is 4.98 Å². The first-order chi connectivity index (χ1) is 8.58. The lowest BCUT2D eigenvalue weighted by atomic mass is 10.3. The number of likely N-dealkylation sites (N-methyl/N-ethyl adjacent to an activating group) is 1. The topological polar surface area (TPSA) is 62.5 Å². The molecule has 1 aliphatic rings. The van der Waals surface area contributed by atoms with Crippen LogP contribution < -0.4 is 4.90 Å². The molecule has 0 N–H and O–H groups in total. The lowest BCUT2D eigenvalue weighted by Gasteiger charge is -2.21. The molecular weight excluding hydrogens is 300 g/mol. The summed E-state index contributed by atoms with van der Waals surface area (Å²) in [7, 11) is 2.06. The van der Waals surface area contributed by atoms with Gasteiger partial charge in [0.15, 0.2) is 0 Å². The van der Waals surface area contributed by atoms with Crippen LogP contribution in [0.5, 0.6) is 0 Å². The Bertz CT molecular complexity index is 455. The van der Waals surface area contributed by atoms with Crippen molar-refractivity contribution in [3.8, 4) is 0 Å². The average molecular weight is 315 g/mol. The molecular formula is C11H15BrN4O2. The van der Waals surface area contributed by atoms with E-state index in [0.29, 0.717) is 10.3 Å². The summed E-state index contributed by atoms with van der Waals surface area (Å²) in [6.45, 7) is 3.49. The smallest absolute Gasteiger partial charge is 0.312 e. The van der Waals surface area contributed by atoms with E-state index >= 15 is 0 Å². The second kappa shape index (κ2) is 5.62. The van der Waals surface area contributed by atoms with E-state index in [0.717, 1.165) is 32.6 Å². The average Bonchev–Trinajstić information content (AvgIpc) is 2.54. The summed E-state index contributed by atoms with van der Waals surface area (Å²) in [5.41, 5.74) is 0.0638. The number of nitrogens with zero attached hydrogens (tertiary/aromatic N) is 4. The number of rotatable bonds is 2. The summed E-state index contributed by atoms with van der Waals surface area (Å²) in [6.07, 6.45) is 2.60. The SMILES string of the molecule is CN1CCCN(c2ncc(Br)cc2[N+](=O)[O-])CC1. The molecule has 2 heterocycles. The van der Waals surface area contributed by atoms with Gasteiger partial charge in [-0.05, 0) is 35.9 Å². The van der Waals surface area contributed by atoms with E-state index in [9.17, 15) is 10.1 Å². The van der Waals surface area contributed by atoms with Crippen LogP contribution in [0.1, 0.15) is 6.42 Å². The molecule has 1 fully saturated rings. The Morgan fingerprint density at radius 2 is 2.17 bits per heavy atom. The number of pyridine rings is 1. The maximum Gasteiger partial charge on any atom is 0.312 e. The fourth-order valence-corrected chi connectivity index (χ4v) is 2.38. The van der Waals surface area contributed by atoms with E-state index < -0.39 is 0 Å². The zero-order valence-corrected chi connectivity index (χ0v) is 11.8. The molecule has 98 valence electrons. The molecule has 0 aromatic carbocycles. The third-order valence-electron chi connectivity index (χ3n) is 3.03. The number of aromatic nitrogens is 1. The maximum absolute atomic E-state index is 11.1. The number of nitro groups is 1. The van der Waals surface area contributed by atoms with E-state index in [1.807, 2.05) is 4.90 Å². The minimum absolute atomic E-state index is 0.0638. The third kappa shape index (κ3) is 2.97. The predicted molar refractivity (Wildman–Crippen MR) is 72.9 cm³/mol. The van der Waals surface area contributed by atoms with Crippen molar-refractivity contribution in [1.82, 2.24) is 9.88 Å². The van der Waals surface area contributed by atoms with E-state index in [1.165, 1.54) is 6.07 Å². The van der Waals surface area contributed by atoms with Crippen molar-refractivity contribution in [2.75, 3.05) is 38.1 Å². The van der Waals surface area contributed by atoms with Gasteiger partial charge >= 0.3 is 5.69 Å². The molecule has 1 aromatic heterocycles. The van der Waals surface area contributed by atoms with Gasteiger partial charge < -0.3 is 9.80 Å². The van der Waals surface area contributed by atoms with E-state index in [-0.39, 0.29) is 10.6 Å². The molecule has 0 saturated carbocycles. The van der Waals surface area contributed by atoms with Gasteiger partial charge in [-0.2, -0.15) is 0 Å². The third-order valence-corrected chi connectivity index (χ3v) is 3.46. The minimum atomic E-state index is -0.373. The Morgan fingerprint density at radius 1 is 1.39 bits per heavy atom. The quantitative estimate of drug-likeness (QED) is 0.616. The van der Waals surface area contributed by atoms with Gasteiger partial charge in [-0.3, -0.25) is 10.1 Å². The molecule has 0 atom stereocenters. The number of anilines is 1. The molecule has 0 bridgehead atoms. The van der Waals surface area contributed by atoms with Crippen LogP contribution in [0.2, 0.25) is 0 Å². The normalized spacial score (nSPS) is 17.6. The highest BCUT2D eigenvalue weighted by atomic mass is 79.9. The van der Waals surface area contributed by atoms with Crippen LogP contribution in [-0.2, 0) is 0 Å².